The van der Waals surface area contributed by atoms with E-state index in [9.17, 15) is 13.2 Å². The first-order valence-corrected chi connectivity index (χ1v) is 10.7. The fraction of sp³-hybridized carbons (Fsp3) is 0.250. The summed E-state index contributed by atoms with van der Waals surface area (Å²) in [6.07, 6.45) is 6.64. The van der Waals surface area contributed by atoms with Crippen LogP contribution in [0.5, 0.6) is 0 Å². The van der Waals surface area contributed by atoms with Crippen molar-refractivity contribution in [3.05, 3.63) is 48.4 Å². The largest absolute Gasteiger partial charge is 0.453 e. The van der Waals surface area contributed by atoms with Crippen LogP contribution >= 0.6 is 0 Å². The molecule has 4 rings (SSSR count). The lowest BCUT2D eigenvalue weighted by molar-refractivity contribution is 0.186. The molecule has 0 atom stereocenters. The van der Waals surface area contributed by atoms with Gasteiger partial charge in [0.2, 0.25) is 9.84 Å². The van der Waals surface area contributed by atoms with Crippen molar-refractivity contribution in [1.82, 2.24) is 15.0 Å². The Kier molecular flexibility index (Phi) is 5.06. The van der Waals surface area contributed by atoms with Gasteiger partial charge < -0.3 is 9.72 Å². The smallest absolute Gasteiger partial charge is 0.412 e. The van der Waals surface area contributed by atoms with Crippen LogP contribution in [0.25, 0.3) is 16.6 Å². The zero-order valence-electron chi connectivity index (χ0n) is 15.8. The highest BCUT2D eigenvalue weighted by atomic mass is 32.2. The molecule has 1 amide bonds. The first-order chi connectivity index (χ1) is 14.0. The molecule has 2 aromatic heterocycles. The molecule has 0 aliphatic heterocycles. The lowest BCUT2D eigenvalue weighted by Gasteiger charge is -2.12. The van der Waals surface area contributed by atoms with Crippen LogP contribution in [-0.4, -0.2) is 36.6 Å². The predicted molar refractivity (Wildman–Crippen MR) is 108 cm³/mol. The molecule has 0 saturated carbocycles. The average Bonchev–Trinajstić information content (AvgIpc) is 3.13. The molecular weight excluding hydrogens is 392 g/mol. The fourth-order valence-corrected chi connectivity index (χ4v) is 5.02. The number of ether oxygens (including phenoxy) is 1. The van der Waals surface area contributed by atoms with Crippen LogP contribution in [0, 0.1) is 0 Å². The van der Waals surface area contributed by atoms with Crippen molar-refractivity contribution in [3.63, 3.8) is 0 Å². The molecule has 2 N–H and O–H groups in total. The number of methoxy groups -OCH3 is 1. The van der Waals surface area contributed by atoms with Gasteiger partial charge in [-0.3, -0.25) is 5.32 Å². The van der Waals surface area contributed by atoms with E-state index in [4.69, 9.17) is 0 Å². The molecule has 0 unspecified atom stereocenters. The number of aromatic nitrogens is 3. The van der Waals surface area contributed by atoms with Gasteiger partial charge in [-0.25, -0.2) is 23.2 Å². The number of rotatable bonds is 4. The zero-order chi connectivity index (χ0) is 20.4. The van der Waals surface area contributed by atoms with Crippen LogP contribution in [0.2, 0.25) is 0 Å². The Morgan fingerprint density at radius 3 is 2.66 bits per heavy atom. The summed E-state index contributed by atoms with van der Waals surface area (Å²) in [5, 5.41) is 2.47. The topological polar surface area (TPSA) is 114 Å². The summed E-state index contributed by atoms with van der Waals surface area (Å²) in [4.78, 5) is 23.5. The highest BCUT2D eigenvalue weighted by Gasteiger charge is 2.30. The minimum atomic E-state index is -3.97. The maximum absolute atomic E-state index is 13.4. The molecule has 0 fully saturated rings. The Bertz CT molecular complexity index is 1200. The summed E-state index contributed by atoms with van der Waals surface area (Å²) < 4.78 is 31.5. The minimum absolute atomic E-state index is 0.00821. The normalized spacial score (nSPS) is 14.4. The summed E-state index contributed by atoms with van der Waals surface area (Å²) >= 11 is 0. The molecule has 0 radical (unpaired) electrons. The van der Waals surface area contributed by atoms with Crippen molar-refractivity contribution in [2.45, 2.75) is 35.5 Å². The maximum atomic E-state index is 13.4. The van der Waals surface area contributed by atoms with Crippen LogP contribution in [-0.2, 0) is 14.6 Å². The van der Waals surface area contributed by atoms with Gasteiger partial charge in [-0.2, -0.15) is 0 Å². The van der Waals surface area contributed by atoms with Gasteiger partial charge >= 0.3 is 6.09 Å². The lowest BCUT2D eigenvalue weighted by atomic mass is 9.96. The Labute approximate surface area is 167 Å². The van der Waals surface area contributed by atoms with E-state index in [2.05, 4.69) is 31.1 Å². The second-order valence-corrected chi connectivity index (χ2v) is 8.57. The lowest BCUT2D eigenvalue weighted by Crippen LogP contribution is -2.14. The quantitative estimate of drug-likeness (QED) is 0.671. The van der Waals surface area contributed by atoms with E-state index in [1.54, 1.807) is 18.2 Å². The zero-order valence-corrected chi connectivity index (χ0v) is 16.6. The second-order valence-electron chi connectivity index (χ2n) is 6.68. The Hall–Kier alpha value is -3.20. The number of carbonyl (C=O) groups is 1. The van der Waals surface area contributed by atoms with Gasteiger partial charge in [-0.15, -0.1) is 0 Å². The van der Waals surface area contributed by atoms with Gasteiger partial charge in [-0.05, 0) is 43.4 Å². The van der Waals surface area contributed by atoms with Crippen molar-refractivity contribution in [2.24, 2.45) is 0 Å². The number of hydrogen-bond acceptors (Lipinski definition) is 6. The van der Waals surface area contributed by atoms with Crippen molar-refractivity contribution in [1.29, 1.82) is 0 Å². The first kappa shape index (κ1) is 19.1. The molecule has 1 aliphatic rings. The highest BCUT2D eigenvalue weighted by Crippen LogP contribution is 2.37. The van der Waals surface area contributed by atoms with E-state index in [0.29, 0.717) is 11.2 Å². The van der Waals surface area contributed by atoms with Crippen molar-refractivity contribution >= 4 is 38.4 Å². The number of H-pyrrole nitrogens is 1. The first-order valence-electron chi connectivity index (χ1n) is 9.23. The molecule has 0 spiro atoms. The molecule has 150 valence electrons. The van der Waals surface area contributed by atoms with Crippen LogP contribution in [0.15, 0.2) is 52.5 Å². The molecule has 0 bridgehead atoms. The van der Waals surface area contributed by atoms with E-state index >= 15 is 0 Å². The summed E-state index contributed by atoms with van der Waals surface area (Å²) in [7, 11) is -2.76. The second kappa shape index (κ2) is 7.67. The third-order valence-electron chi connectivity index (χ3n) is 4.87. The Balaban J connectivity index is 1.98. The number of benzene rings is 1. The van der Waals surface area contributed by atoms with Gasteiger partial charge in [0, 0.05) is 0 Å². The number of anilines is 1. The molecule has 2 heterocycles. The monoisotopic (exact) mass is 412 g/mol. The molecule has 1 aromatic carbocycles. The van der Waals surface area contributed by atoms with E-state index in [1.807, 2.05) is 0 Å². The molecule has 0 saturated heterocycles. The van der Waals surface area contributed by atoms with Gasteiger partial charge in [-0.1, -0.05) is 24.3 Å². The number of nitrogens with zero attached hydrogens (tertiary/aromatic N) is 2. The van der Waals surface area contributed by atoms with E-state index in [1.165, 1.54) is 25.6 Å². The summed E-state index contributed by atoms with van der Waals surface area (Å²) in [5.41, 5.74) is 2.40. The molecule has 9 heteroatoms. The molecule has 8 nitrogen and oxygen atoms in total. The number of hydrogen-bond donors (Lipinski definition) is 2. The number of amides is 1. The van der Waals surface area contributed by atoms with Gasteiger partial charge in [0.25, 0.3) is 0 Å². The number of allylic oxidation sites excluding steroid dienone is 2. The molecule has 29 heavy (non-hydrogen) atoms. The number of aromatic amines is 1. The maximum Gasteiger partial charge on any atom is 0.412 e. The average molecular weight is 412 g/mol. The summed E-state index contributed by atoms with van der Waals surface area (Å²) in [6.45, 7) is 0. The van der Waals surface area contributed by atoms with Crippen LogP contribution < -0.4 is 5.32 Å². The number of carbonyl (C=O) groups excluding carboxylic acids is 1. The number of fused-ring (bicyclic) bond motifs is 1. The van der Waals surface area contributed by atoms with E-state index in [0.717, 1.165) is 31.3 Å². The minimum Gasteiger partial charge on any atom is -0.453 e. The SMILES string of the molecule is COC(=O)Nc1[nH]c2c(C3=CCCCC3)ncnc2c1S(=O)(=O)c1ccccc1. The Morgan fingerprint density at radius 2 is 1.97 bits per heavy atom. The molecular formula is C20H20N4O4S. The van der Waals surface area contributed by atoms with Crippen molar-refractivity contribution < 1.29 is 17.9 Å². The van der Waals surface area contributed by atoms with Gasteiger partial charge in [0.1, 0.15) is 22.6 Å². The third kappa shape index (κ3) is 3.49. The molecule has 3 aromatic rings. The highest BCUT2D eigenvalue weighted by molar-refractivity contribution is 7.92. The standard InChI is InChI=1S/C20H20N4O4S/c1-28-20(25)24-19-18(29(26,27)14-10-6-3-7-11-14)17-16(23-19)15(21-12-22-17)13-8-4-2-5-9-13/h3,6-8,10-12,23H,2,4-5,9H2,1H3,(H,24,25). The Morgan fingerprint density at radius 1 is 1.17 bits per heavy atom. The third-order valence-corrected chi connectivity index (χ3v) is 6.70. The van der Waals surface area contributed by atoms with E-state index in [-0.39, 0.29) is 21.1 Å². The van der Waals surface area contributed by atoms with Crippen LogP contribution in [0.3, 0.4) is 0 Å². The molecule has 1 aliphatic carbocycles. The van der Waals surface area contributed by atoms with Crippen molar-refractivity contribution in [3.8, 4) is 0 Å². The van der Waals surface area contributed by atoms with Crippen LogP contribution in [0.1, 0.15) is 31.4 Å². The van der Waals surface area contributed by atoms with Gasteiger partial charge in [0.05, 0.1) is 23.2 Å². The van der Waals surface area contributed by atoms with E-state index < -0.39 is 15.9 Å². The van der Waals surface area contributed by atoms with Gasteiger partial charge in [0.15, 0.2) is 0 Å². The number of sulfone groups is 1. The van der Waals surface area contributed by atoms with Crippen molar-refractivity contribution in [2.75, 3.05) is 12.4 Å². The summed E-state index contributed by atoms with van der Waals surface area (Å²) in [5.74, 6) is 0.00821. The summed E-state index contributed by atoms with van der Waals surface area (Å²) in [6, 6.07) is 8.02. The fourth-order valence-electron chi connectivity index (χ4n) is 3.49. The van der Waals surface area contributed by atoms with Crippen LogP contribution in [0.4, 0.5) is 10.6 Å². The predicted octanol–water partition coefficient (Wildman–Crippen LogP) is 3.93. The number of nitrogens with one attached hydrogen (secondary N) is 2.